The first-order chi connectivity index (χ1) is 12.2. The van der Waals surface area contributed by atoms with E-state index in [0.717, 1.165) is 0 Å². The van der Waals surface area contributed by atoms with Crippen LogP contribution in [0.4, 0.5) is 34.1 Å². The van der Waals surface area contributed by atoms with Crippen LogP contribution in [0.1, 0.15) is 6.42 Å². The van der Waals surface area contributed by atoms with Crippen molar-refractivity contribution < 1.29 is 32.3 Å². The Bertz CT molecular complexity index is 664. The van der Waals surface area contributed by atoms with Gasteiger partial charge in [-0.25, -0.2) is 9.59 Å². The number of carbonyl (C=O) groups excluding carboxylic acids is 3. The van der Waals surface area contributed by atoms with Crippen molar-refractivity contribution in [2.24, 2.45) is 0 Å². The number of hydrogen-bond donors (Lipinski definition) is 3. The number of nitrogens with one attached hydrogen (secondary N) is 3. The lowest BCUT2D eigenvalue weighted by atomic mass is 10.2. The van der Waals surface area contributed by atoms with Gasteiger partial charge in [0.15, 0.2) is 6.61 Å². The van der Waals surface area contributed by atoms with Crippen LogP contribution < -0.4 is 20.9 Å². The van der Waals surface area contributed by atoms with Crippen molar-refractivity contribution >= 4 is 29.4 Å². The number of urea groups is 1. The minimum atomic E-state index is -4.60. The predicted octanol–water partition coefficient (Wildman–Crippen LogP) is 1.83. The summed E-state index contributed by atoms with van der Waals surface area (Å²) in [5.74, 6) is -0.437. The molecule has 0 atom stereocenters. The van der Waals surface area contributed by atoms with Crippen LogP contribution in [-0.2, 0) is 9.53 Å². The van der Waals surface area contributed by atoms with Crippen LogP contribution in [-0.4, -0.2) is 50.4 Å². The SMILES string of the molecule is O=C(CCNC(=O)OCC(F)(F)F)Nc1ccc(N2CCNC2=O)cc1. The van der Waals surface area contributed by atoms with Crippen molar-refractivity contribution in [3.05, 3.63) is 24.3 Å². The number of amides is 4. The van der Waals surface area contributed by atoms with Crippen LogP contribution >= 0.6 is 0 Å². The van der Waals surface area contributed by atoms with E-state index in [9.17, 15) is 27.6 Å². The highest BCUT2D eigenvalue weighted by molar-refractivity contribution is 5.95. The number of benzene rings is 1. The predicted molar refractivity (Wildman–Crippen MR) is 85.8 cm³/mol. The molecule has 4 amide bonds. The normalized spacial score (nSPS) is 14.0. The van der Waals surface area contributed by atoms with Crippen molar-refractivity contribution in [3.8, 4) is 0 Å². The molecule has 0 spiro atoms. The molecule has 142 valence electrons. The number of alkyl halides is 3. The largest absolute Gasteiger partial charge is 0.440 e. The molecule has 1 aromatic rings. The van der Waals surface area contributed by atoms with Crippen molar-refractivity contribution in [3.63, 3.8) is 0 Å². The molecule has 1 aliphatic heterocycles. The van der Waals surface area contributed by atoms with Crippen LogP contribution in [0.2, 0.25) is 0 Å². The molecule has 0 radical (unpaired) electrons. The van der Waals surface area contributed by atoms with Crippen molar-refractivity contribution in [1.82, 2.24) is 10.6 Å². The third kappa shape index (κ3) is 6.15. The molecule has 1 saturated heterocycles. The molecule has 8 nitrogen and oxygen atoms in total. The van der Waals surface area contributed by atoms with E-state index in [1.807, 2.05) is 5.32 Å². The number of halogens is 3. The molecule has 0 aromatic heterocycles. The molecule has 26 heavy (non-hydrogen) atoms. The summed E-state index contributed by atoms with van der Waals surface area (Å²) in [5.41, 5.74) is 1.17. The quantitative estimate of drug-likeness (QED) is 0.707. The second-order valence-electron chi connectivity index (χ2n) is 5.35. The van der Waals surface area contributed by atoms with E-state index < -0.39 is 24.8 Å². The molecular formula is C15H17F3N4O4. The Hall–Kier alpha value is -2.98. The molecule has 1 aromatic carbocycles. The van der Waals surface area contributed by atoms with Crippen molar-refractivity contribution in [2.45, 2.75) is 12.6 Å². The summed E-state index contributed by atoms with van der Waals surface area (Å²) in [5, 5.41) is 7.30. The highest BCUT2D eigenvalue weighted by Gasteiger charge is 2.29. The molecule has 2 rings (SSSR count). The third-order valence-corrected chi connectivity index (χ3v) is 3.31. The third-order valence-electron chi connectivity index (χ3n) is 3.31. The fraction of sp³-hybridized carbons (Fsp3) is 0.400. The van der Waals surface area contributed by atoms with Crippen LogP contribution in [0, 0.1) is 0 Å². The Morgan fingerprint density at radius 2 is 1.92 bits per heavy atom. The van der Waals surface area contributed by atoms with E-state index in [4.69, 9.17) is 0 Å². The topological polar surface area (TPSA) is 99.8 Å². The number of anilines is 2. The Morgan fingerprint density at radius 3 is 2.50 bits per heavy atom. The van der Waals surface area contributed by atoms with Gasteiger partial charge in [-0.15, -0.1) is 0 Å². The zero-order valence-electron chi connectivity index (χ0n) is 13.6. The maximum Gasteiger partial charge on any atom is 0.422 e. The highest BCUT2D eigenvalue weighted by atomic mass is 19.4. The smallest absolute Gasteiger partial charge is 0.422 e. The monoisotopic (exact) mass is 374 g/mol. The molecule has 0 unspecified atom stereocenters. The van der Waals surface area contributed by atoms with Gasteiger partial charge in [0.05, 0.1) is 0 Å². The Kier molecular flexibility index (Phi) is 6.26. The number of carbonyl (C=O) groups is 3. The van der Waals surface area contributed by atoms with E-state index in [-0.39, 0.29) is 19.0 Å². The Labute approximate surface area is 146 Å². The summed E-state index contributed by atoms with van der Waals surface area (Å²) in [6.45, 7) is -0.739. The number of hydrogen-bond acceptors (Lipinski definition) is 4. The van der Waals surface area contributed by atoms with Crippen molar-refractivity contribution in [2.75, 3.05) is 36.5 Å². The lowest BCUT2D eigenvalue weighted by Gasteiger charge is -2.14. The molecule has 0 saturated carbocycles. The molecule has 11 heteroatoms. The molecule has 3 N–H and O–H groups in total. The van der Waals surface area contributed by atoms with Gasteiger partial charge in [0.2, 0.25) is 5.91 Å². The molecule has 1 aliphatic rings. The second-order valence-corrected chi connectivity index (χ2v) is 5.35. The molecule has 0 bridgehead atoms. The zero-order valence-corrected chi connectivity index (χ0v) is 13.6. The van der Waals surface area contributed by atoms with Crippen molar-refractivity contribution in [1.29, 1.82) is 0 Å². The van der Waals surface area contributed by atoms with Crippen LogP contribution in [0.15, 0.2) is 24.3 Å². The maximum atomic E-state index is 11.9. The first-order valence-corrected chi connectivity index (χ1v) is 7.67. The fourth-order valence-corrected chi connectivity index (χ4v) is 2.14. The van der Waals surface area contributed by atoms with E-state index in [1.54, 1.807) is 29.2 Å². The lowest BCUT2D eigenvalue weighted by Crippen LogP contribution is -2.31. The number of rotatable bonds is 6. The fourth-order valence-electron chi connectivity index (χ4n) is 2.14. The van der Waals surface area contributed by atoms with Gasteiger partial charge in [-0.3, -0.25) is 9.69 Å². The summed E-state index contributed by atoms with van der Waals surface area (Å²) in [4.78, 5) is 35.9. The van der Waals surface area contributed by atoms with E-state index in [1.165, 1.54) is 0 Å². The molecular weight excluding hydrogens is 357 g/mol. The van der Waals surface area contributed by atoms with Gasteiger partial charge in [0.25, 0.3) is 0 Å². The summed E-state index contributed by atoms with van der Waals surface area (Å²) in [6.07, 6.45) is -5.99. The maximum absolute atomic E-state index is 11.9. The number of nitrogens with zero attached hydrogens (tertiary/aromatic N) is 1. The van der Waals surface area contributed by atoms with E-state index >= 15 is 0 Å². The average Bonchev–Trinajstić information content (AvgIpc) is 2.99. The summed E-state index contributed by atoms with van der Waals surface area (Å²) >= 11 is 0. The molecule has 0 aliphatic carbocycles. The lowest BCUT2D eigenvalue weighted by molar-refractivity contribution is -0.160. The average molecular weight is 374 g/mol. The highest BCUT2D eigenvalue weighted by Crippen LogP contribution is 2.19. The van der Waals surface area contributed by atoms with E-state index in [2.05, 4.69) is 15.4 Å². The van der Waals surface area contributed by atoms with Crippen LogP contribution in [0.3, 0.4) is 0 Å². The minimum absolute atomic E-state index is 0.141. The standard InChI is InChI=1S/C15H17F3N4O4/c16-15(17,18)9-26-14(25)20-6-5-12(23)21-10-1-3-11(4-2-10)22-8-7-19-13(22)24/h1-4H,5-9H2,(H,19,24)(H,20,25)(H,21,23). The summed E-state index contributed by atoms with van der Waals surface area (Å²) < 4.78 is 39.5. The minimum Gasteiger partial charge on any atom is -0.440 e. The number of alkyl carbamates (subject to hydrolysis) is 1. The Morgan fingerprint density at radius 1 is 1.23 bits per heavy atom. The van der Waals surface area contributed by atoms with Gasteiger partial charge in [0.1, 0.15) is 0 Å². The number of ether oxygens (including phenoxy) is 1. The molecule has 1 heterocycles. The van der Waals surface area contributed by atoms with Gasteiger partial charge in [-0.05, 0) is 24.3 Å². The molecule has 1 fully saturated rings. The Balaban J connectivity index is 1.71. The first kappa shape index (κ1) is 19.3. The van der Waals surface area contributed by atoms with Gasteiger partial charge < -0.3 is 20.7 Å². The van der Waals surface area contributed by atoms with Gasteiger partial charge in [0, 0.05) is 37.4 Å². The van der Waals surface area contributed by atoms with Gasteiger partial charge in [-0.1, -0.05) is 0 Å². The van der Waals surface area contributed by atoms with E-state index in [0.29, 0.717) is 24.5 Å². The van der Waals surface area contributed by atoms with Crippen LogP contribution in [0.5, 0.6) is 0 Å². The van der Waals surface area contributed by atoms with Gasteiger partial charge >= 0.3 is 18.3 Å². The summed E-state index contributed by atoms with van der Waals surface area (Å²) in [7, 11) is 0. The second kappa shape index (κ2) is 8.41. The first-order valence-electron chi connectivity index (χ1n) is 7.67. The van der Waals surface area contributed by atoms with Crippen LogP contribution in [0.25, 0.3) is 0 Å². The van der Waals surface area contributed by atoms with Gasteiger partial charge in [-0.2, -0.15) is 13.2 Å². The zero-order chi connectivity index (χ0) is 19.2. The summed E-state index contributed by atoms with van der Waals surface area (Å²) in [6, 6.07) is 6.39.